The topological polar surface area (TPSA) is 58.6 Å². The second-order valence-corrected chi connectivity index (χ2v) is 11.0. The van der Waals surface area contributed by atoms with Crippen LogP contribution in [0, 0.1) is 5.82 Å². The zero-order valence-corrected chi connectivity index (χ0v) is 23.8. The quantitative estimate of drug-likeness (QED) is 0.217. The van der Waals surface area contributed by atoms with Gasteiger partial charge in [-0.05, 0) is 57.2 Å². The van der Waals surface area contributed by atoms with Gasteiger partial charge in [0.05, 0.1) is 4.47 Å². The van der Waals surface area contributed by atoms with Crippen LogP contribution in [-0.4, -0.2) is 35.4 Å². The molecule has 2 amide bonds. The molecule has 7 heteroatoms. The summed E-state index contributed by atoms with van der Waals surface area (Å²) in [7, 11) is 0. The lowest BCUT2D eigenvalue weighted by Crippen LogP contribution is -2.53. The van der Waals surface area contributed by atoms with Crippen LogP contribution in [0.1, 0.15) is 36.8 Å². The Labute approximate surface area is 242 Å². The van der Waals surface area contributed by atoms with E-state index in [1.165, 1.54) is 11.0 Å². The largest absolute Gasteiger partial charge is 0.483 e. The van der Waals surface area contributed by atoms with Crippen LogP contribution < -0.4 is 10.1 Å². The van der Waals surface area contributed by atoms with Crippen molar-refractivity contribution < 1.29 is 18.7 Å². The van der Waals surface area contributed by atoms with E-state index in [0.717, 1.165) is 46.5 Å². The second-order valence-electron chi connectivity index (χ2n) is 10.2. The summed E-state index contributed by atoms with van der Waals surface area (Å²) in [6.07, 6.45) is 4.29. The summed E-state index contributed by atoms with van der Waals surface area (Å²) in [5.74, 6) is -0.529. The van der Waals surface area contributed by atoms with Gasteiger partial charge in [-0.1, -0.05) is 91.7 Å². The van der Waals surface area contributed by atoms with Crippen LogP contribution in [0.5, 0.6) is 5.75 Å². The Morgan fingerprint density at radius 3 is 2.40 bits per heavy atom. The molecule has 0 spiro atoms. The zero-order chi connectivity index (χ0) is 27.9. The van der Waals surface area contributed by atoms with Crippen LogP contribution in [0.4, 0.5) is 4.39 Å². The van der Waals surface area contributed by atoms with Crippen molar-refractivity contribution in [1.29, 1.82) is 0 Å². The van der Waals surface area contributed by atoms with E-state index in [-0.39, 0.29) is 25.1 Å². The van der Waals surface area contributed by atoms with E-state index < -0.39 is 17.8 Å². The molecule has 0 saturated heterocycles. The van der Waals surface area contributed by atoms with Crippen molar-refractivity contribution in [2.45, 2.75) is 50.7 Å². The standard InChI is InChI=1S/C33H32BrFN2O3/c34-32-27-16-8-4-12-24(27)18-19-30(32)40-22-31(38)37(21-25-13-5-9-17-28(25)35)29(20-23-10-2-1-3-11-23)33(39)36-26-14-6-7-15-26/h1-5,8-13,16-19,26,29H,6-7,14-15,20-22H2,(H,36,39)/t29-/m1/s1. The van der Waals surface area contributed by atoms with Crippen LogP contribution in [0.3, 0.4) is 0 Å². The fourth-order valence-corrected chi connectivity index (χ4v) is 5.89. The number of hydrogen-bond donors (Lipinski definition) is 1. The van der Waals surface area contributed by atoms with Gasteiger partial charge >= 0.3 is 0 Å². The molecule has 0 unspecified atom stereocenters. The summed E-state index contributed by atoms with van der Waals surface area (Å²) < 4.78 is 21.6. The predicted molar refractivity (Wildman–Crippen MR) is 158 cm³/mol. The molecule has 1 aliphatic rings. The number of halogens is 2. The smallest absolute Gasteiger partial charge is 0.261 e. The molecule has 1 fully saturated rings. The molecule has 206 valence electrons. The molecule has 0 heterocycles. The van der Waals surface area contributed by atoms with Gasteiger partial charge in [0.25, 0.3) is 5.91 Å². The summed E-state index contributed by atoms with van der Waals surface area (Å²) in [6, 6.07) is 26.8. The fourth-order valence-electron chi connectivity index (χ4n) is 5.28. The lowest BCUT2D eigenvalue weighted by molar-refractivity contribution is -0.143. The molecule has 1 saturated carbocycles. The number of hydrogen-bond acceptors (Lipinski definition) is 3. The number of amides is 2. The molecular formula is C33H32BrFN2O3. The first-order chi connectivity index (χ1) is 19.5. The van der Waals surface area contributed by atoms with Crippen LogP contribution in [0.15, 0.2) is 95.5 Å². The maximum Gasteiger partial charge on any atom is 0.261 e. The van der Waals surface area contributed by atoms with Gasteiger partial charge in [0.2, 0.25) is 5.91 Å². The van der Waals surface area contributed by atoms with E-state index in [0.29, 0.717) is 17.7 Å². The maximum atomic E-state index is 14.8. The molecule has 1 N–H and O–H groups in total. The van der Waals surface area contributed by atoms with Crippen molar-refractivity contribution in [2.75, 3.05) is 6.61 Å². The van der Waals surface area contributed by atoms with E-state index in [9.17, 15) is 14.0 Å². The third-order valence-corrected chi connectivity index (χ3v) is 8.27. The first kappa shape index (κ1) is 27.8. The summed E-state index contributed by atoms with van der Waals surface area (Å²) >= 11 is 3.61. The Morgan fingerprint density at radius 1 is 0.925 bits per heavy atom. The number of fused-ring (bicyclic) bond motifs is 1. The predicted octanol–water partition coefficient (Wildman–Crippen LogP) is 6.82. The number of benzene rings is 4. The molecule has 1 atom stereocenters. The van der Waals surface area contributed by atoms with E-state index in [4.69, 9.17) is 4.74 Å². The molecule has 0 aromatic heterocycles. The van der Waals surface area contributed by atoms with Gasteiger partial charge < -0.3 is 15.0 Å². The summed E-state index contributed by atoms with van der Waals surface area (Å²) in [5.41, 5.74) is 1.26. The number of rotatable bonds is 10. The third-order valence-electron chi connectivity index (χ3n) is 7.45. The zero-order valence-electron chi connectivity index (χ0n) is 22.2. The van der Waals surface area contributed by atoms with Crippen LogP contribution in [0.2, 0.25) is 0 Å². The maximum absolute atomic E-state index is 14.8. The number of nitrogens with zero attached hydrogens (tertiary/aromatic N) is 1. The van der Waals surface area contributed by atoms with Crippen molar-refractivity contribution in [3.8, 4) is 5.75 Å². The van der Waals surface area contributed by atoms with Gasteiger partial charge in [0.15, 0.2) is 6.61 Å². The van der Waals surface area contributed by atoms with Gasteiger partial charge in [0, 0.05) is 24.6 Å². The van der Waals surface area contributed by atoms with E-state index in [2.05, 4.69) is 21.2 Å². The lowest BCUT2D eigenvalue weighted by atomic mass is 10.0. The Kier molecular flexibility index (Phi) is 9.12. The van der Waals surface area contributed by atoms with Crippen LogP contribution in [0.25, 0.3) is 10.8 Å². The number of carbonyl (C=O) groups excluding carboxylic acids is 2. The highest BCUT2D eigenvalue weighted by molar-refractivity contribution is 9.10. The molecule has 4 aromatic carbocycles. The first-order valence-corrected chi connectivity index (χ1v) is 14.5. The van der Waals surface area contributed by atoms with Gasteiger partial charge in [-0.2, -0.15) is 0 Å². The number of carbonyl (C=O) groups is 2. The second kappa shape index (κ2) is 13.1. The molecule has 40 heavy (non-hydrogen) atoms. The van der Waals surface area contributed by atoms with E-state index in [1.54, 1.807) is 18.2 Å². The van der Waals surface area contributed by atoms with Crippen molar-refractivity contribution in [1.82, 2.24) is 10.2 Å². The molecule has 5 rings (SSSR count). The lowest BCUT2D eigenvalue weighted by Gasteiger charge is -2.32. The van der Waals surface area contributed by atoms with Crippen molar-refractivity contribution in [3.63, 3.8) is 0 Å². The molecule has 5 nitrogen and oxygen atoms in total. The Hall–Kier alpha value is -3.71. The molecule has 0 radical (unpaired) electrons. The van der Waals surface area contributed by atoms with Gasteiger partial charge in [-0.15, -0.1) is 0 Å². The highest BCUT2D eigenvalue weighted by atomic mass is 79.9. The number of ether oxygens (including phenoxy) is 1. The Bertz CT molecular complexity index is 1470. The minimum absolute atomic E-state index is 0.0522. The number of nitrogens with one attached hydrogen (secondary N) is 1. The molecule has 1 aliphatic carbocycles. The van der Waals surface area contributed by atoms with Crippen molar-refractivity contribution in [3.05, 3.63) is 112 Å². The normalized spacial score (nSPS) is 14.2. The van der Waals surface area contributed by atoms with Crippen molar-refractivity contribution >= 4 is 38.5 Å². The average molecular weight is 604 g/mol. The summed E-state index contributed by atoms with van der Waals surface area (Å²) in [5, 5.41) is 5.17. The summed E-state index contributed by atoms with van der Waals surface area (Å²) in [4.78, 5) is 29.1. The van der Waals surface area contributed by atoms with Gasteiger partial charge in [-0.25, -0.2) is 4.39 Å². The Balaban J connectivity index is 1.44. The minimum Gasteiger partial charge on any atom is -0.483 e. The molecular weight excluding hydrogens is 571 g/mol. The van der Waals surface area contributed by atoms with E-state index >= 15 is 0 Å². The molecule has 0 aliphatic heterocycles. The fraction of sp³-hybridized carbons (Fsp3) is 0.273. The molecule has 4 aromatic rings. The monoisotopic (exact) mass is 602 g/mol. The van der Waals surface area contributed by atoms with E-state index in [1.807, 2.05) is 66.7 Å². The van der Waals surface area contributed by atoms with Crippen LogP contribution >= 0.6 is 15.9 Å². The van der Waals surface area contributed by atoms with Gasteiger partial charge in [0.1, 0.15) is 17.6 Å². The third kappa shape index (κ3) is 6.70. The Morgan fingerprint density at radius 2 is 1.62 bits per heavy atom. The first-order valence-electron chi connectivity index (χ1n) is 13.7. The highest BCUT2D eigenvalue weighted by Crippen LogP contribution is 2.33. The SMILES string of the molecule is O=C(NC1CCCC1)[C@@H](Cc1ccccc1)N(Cc1ccccc1F)C(=O)COc1ccc2ccccc2c1Br. The minimum atomic E-state index is -0.834. The molecule has 0 bridgehead atoms. The highest BCUT2D eigenvalue weighted by Gasteiger charge is 2.33. The van der Waals surface area contributed by atoms with Crippen molar-refractivity contribution in [2.24, 2.45) is 0 Å². The average Bonchev–Trinajstić information content (AvgIpc) is 3.49. The van der Waals surface area contributed by atoms with Gasteiger partial charge in [-0.3, -0.25) is 9.59 Å². The van der Waals surface area contributed by atoms with Crippen LogP contribution in [-0.2, 0) is 22.6 Å². The summed E-state index contributed by atoms with van der Waals surface area (Å²) in [6.45, 7) is -0.350.